The molecule has 1 saturated heterocycles. The van der Waals surface area contributed by atoms with Crippen molar-refractivity contribution in [2.45, 2.75) is 32.2 Å². The number of hydrogen-bond acceptors (Lipinski definition) is 3. The van der Waals surface area contributed by atoms with Crippen molar-refractivity contribution >= 4 is 23.2 Å². The molecule has 0 unspecified atom stereocenters. The lowest BCUT2D eigenvalue weighted by Gasteiger charge is -2.25. The molecule has 160 valence electrons. The second kappa shape index (κ2) is 10.3. The minimum Gasteiger partial charge on any atom is -0.378 e. The van der Waals surface area contributed by atoms with Gasteiger partial charge in [0, 0.05) is 43.9 Å². The zero-order chi connectivity index (χ0) is 21.5. The van der Waals surface area contributed by atoms with Crippen LogP contribution in [0.4, 0.5) is 11.4 Å². The fourth-order valence-corrected chi connectivity index (χ4v) is 4.08. The van der Waals surface area contributed by atoms with E-state index in [2.05, 4.69) is 39.8 Å². The van der Waals surface area contributed by atoms with Gasteiger partial charge >= 0.3 is 11.8 Å². The van der Waals surface area contributed by atoms with Crippen molar-refractivity contribution in [3.8, 4) is 0 Å². The number of carbonyl (C=O) groups excluding carboxylic acids is 2. The molecule has 6 heteroatoms. The average molecular weight is 410 g/mol. The van der Waals surface area contributed by atoms with Crippen molar-refractivity contribution in [2.75, 3.05) is 43.9 Å². The van der Waals surface area contributed by atoms with E-state index in [-0.39, 0.29) is 6.04 Å². The molecule has 0 aromatic heterocycles. The molecule has 2 aromatic rings. The van der Waals surface area contributed by atoms with Gasteiger partial charge in [0.2, 0.25) is 0 Å². The van der Waals surface area contributed by atoms with Crippen molar-refractivity contribution in [3.05, 3.63) is 59.7 Å². The fourth-order valence-electron chi connectivity index (χ4n) is 4.08. The van der Waals surface area contributed by atoms with Crippen LogP contribution in [0.3, 0.4) is 0 Å². The number of quaternary nitrogens is 1. The molecule has 0 bridgehead atoms. The summed E-state index contributed by atoms with van der Waals surface area (Å²) in [4.78, 5) is 28.5. The highest BCUT2D eigenvalue weighted by atomic mass is 16.2. The van der Waals surface area contributed by atoms with Crippen molar-refractivity contribution in [2.24, 2.45) is 0 Å². The third-order valence-corrected chi connectivity index (χ3v) is 5.87. The summed E-state index contributed by atoms with van der Waals surface area (Å²) in [5, 5.41) is 5.62. The molecule has 6 nitrogen and oxygen atoms in total. The highest BCUT2D eigenvalue weighted by molar-refractivity contribution is 6.39. The van der Waals surface area contributed by atoms with Crippen LogP contribution in [0.15, 0.2) is 48.5 Å². The van der Waals surface area contributed by atoms with Crippen LogP contribution in [-0.2, 0) is 16.0 Å². The Morgan fingerprint density at radius 1 is 1.00 bits per heavy atom. The van der Waals surface area contributed by atoms with Gasteiger partial charge in [0.05, 0.1) is 19.6 Å². The lowest BCUT2D eigenvalue weighted by Crippen LogP contribution is -3.11. The lowest BCUT2D eigenvalue weighted by atomic mass is 10.0. The Bertz CT molecular complexity index is 858. The number of benzene rings is 2. The van der Waals surface area contributed by atoms with Crippen molar-refractivity contribution in [3.63, 3.8) is 0 Å². The van der Waals surface area contributed by atoms with Crippen LogP contribution in [0.5, 0.6) is 0 Å². The van der Waals surface area contributed by atoms with E-state index < -0.39 is 11.8 Å². The zero-order valence-electron chi connectivity index (χ0n) is 18.2. The van der Waals surface area contributed by atoms with E-state index in [1.54, 1.807) is 0 Å². The fraction of sp³-hybridized carbons (Fsp3) is 0.417. The number of anilines is 2. The third-order valence-electron chi connectivity index (χ3n) is 5.87. The van der Waals surface area contributed by atoms with Crippen LogP contribution in [-0.4, -0.2) is 45.5 Å². The summed E-state index contributed by atoms with van der Waals surface area (Å²) in [6, 6.07) is 16.2. The topological polar surface area (TPSA) is 65.9 Å². The Morgan fingerprint density at radius 3 is 2.30 bits per heavy atom. The molecule has 0 saturated carbocycles. The molecule has 1 aliphatic rings. The molecular weight excluding hydrogens is 376 g/mol. The van der Waals surface area contributed by atoms with Crippen molar-refractivity contribution in [1.82, 2.24) is 5.32 Å². The number of amides is 2. The Morgan fingerprint density at radius 2 is 1.67 bits per heavy atom. The van der Waals surface area contributed by atoms with Gasteiger partial charge in [-0.1, -0.05) is 37.3 Å². The number of aryl methyl sites for hydroxylation is 1. The van der Waals surface area contributed by atoms with Crippen molar-refractivity contribution < 1.29 is 14.5 Å². The smallest absolute Gasteiger partial charge is 0.313 e. The molecule has 3 rings (SSSR count). The first kappa shape index (κ1) is 21.8. The Labute approximate surface area is 179 Å². The standard InChI is InChI=1S/C24H32N4O2/c1-4-18-9-5-6-10-21(18)26-24(30)23(29)25-17-22(28-15-7-8-16-28)19-11-13-20(14-12-19)27(2)3/h5-6,9-14,22H,4,7-8,15-17H2,1-3H3,(H,25,29)(H,26,30)/p+1/t22-/m1/s1. The SMILES string of the molecule is CCc1ccccc1NC(=O)C(=O)NC[C@H](c1ccc(N(C)C)cc1)[NH+]1CCCC1. The van der Waals surface area contributed by atoms with Crippen LogP contribution >= 0.6 is 0 Å². The normalized spacial score (nSPS) is 14.9. The van der Waals surface area contributed by atoms with E-state index in [0.717, 1.165) is 30.8 Å². The number of carbonyl (C=O) groups is 2. The largest absolute Gasteiger partial charge is 0.378 e. The number of para-hydroxylation sites is 1. The second-order valence-corrected chi connectivity index (χ2v) is 8.08. The number of likely N-dealkylation sites (tertiary alicyclic amines) is 1. The summed E-state index contributed by atoms with van der Waals surface area (Å²) >= 11 is 0. The molecule has 30 heavy (non-hydrogen) atoms. The molecular formula is C24H33N4O2+. The molecule has 0 radical (unpaired) electrons. The van der Waals surface area contributed by atoms with Gasteiger partial charge in [0.1, 0.15) is 6.04 Å². The molecule has 3 N–H and O–H groups in total. The Balaban J connectivity index is 1.66. The van der Waals surface area contributed by atoms with Crippen LogP contribution in [0.1, 0.15) is 36.9 Å². The van der Waals surface area contributed by atoms with Gasteiger partial charge in [-0.25, -0.2) is 0 Å². The number of nitrogens with zero attached hydrogens (tertiary/aromatic N) is 1. The predicted octanol–water partition coefficient (Wildman–Crippen LogP) is 1.79. The molecule has 1 aliphatic heterocycles. The minimum atomic E-state index is -0.617. The maximum Gasteiger partial charge on any atom is 0.313 e. The van der Waals surface area contributed by atoms with E-state index in [4.69, 9.17) is 0 Å². The van der Waals surface area contributed by atoms with Crippen molar-refractivity contribution in [1.29, 1.82) is 0 Å². The quantitative estimate of drug-likeness (QED) is 0.611. The van der Waals surface area contributed by atoms with E-state index in [1.807, 2.05) is 45.3 Å². The first-order valence-corrected chi connectivity index (χ1v) is 10.8. The van der Waals surface area contributed by atoms with Crippen LogP contribution < -0.4 is 20.4 Å². The predicted molar refractivity (Wildman–Crippen MR) is 121 cm³/mol. The van der Waals surface area contributed by atoms with E-state index >= 15 is 0 Å². The number of rotatable bonds is 7. The summed E-state index contributed by atoms with van der Waals surface area (Å²) in [6.07, 6.45) is 3.19. The summed E-state index contributed by atoms with van der Waals surface area (Å²) in [7, 11) is 4.04. The van der Waals surface area contributed by atoms with Gasteiger partial charge < -0.3 is 20.4 Å². The van der Waals surface area contributed by atoms with Gasteiger partial charge in [0.15, 0.2) is 0 Å². The van der Waals surface area contributed by atoms with Gasteiger partial charge in [-0.2, -0.15) is 0 Å². The molecule has 0 aliphatic carbocycles. The number of hydrogen-bond donors (Lipinski definition) is 3. The highest BCUT2D eigenvalue weighted by Crippen LogP contribution is 2.17. The zero-order valence-corrected chi connectivity index (χ0v) is 18.2. The van der Waals surface area contributed by atoms with Crippen LogP contribution in [0.25, 0.3) is 0 Å². The first-order valence-electron chi connectivity index (χ1n) is 10.8. The third kappa shape index (κ3) is 5.39. The molecule has 2 amide bonds. The van der Waals surface area contributed by atoms with Crippen LogP contribution in [0, 0.1) is 0 Å². The maximum atomic E-state index is 12.5. The average Bonchev–Trinajstić information content (AvgIpc) is 3.29. The molecule has 0 spiro atoms. The summed E-state index contributed by atoms with van der Waals surface area (Å²) in [5.41, 5.74) is 4.04. The second-order valence-electron chi connectivity index (χ2n) is 8.08. The monoisotopic (exact) mass is 409 g/mol. The highest BCUT2D eigenvalue weighted by Gasteiger charge is 2.28. The van der Waals surface area contributed by atoms with E-state index in [9.17, 15) is 9.59 Å². The number of nitrogens with one attached hydrogen (secondary N) is 3. The minimum absolute atomic E-state index is 0.142. The molecule has 1 heterocycles. The molecule has 1 fully saturated rings. The van der Waals surface area contributed by atoms with Gasteiger partial charge in [-0.3, -0.25) is 9.59 Å². The van der Waals surface area contributed by atoms with Gasteiger partial charge in [-0.15, -0.1) is 0 Å². The van der Waals surface area contributed by atoms with Gasteiger partial charge in [0.25, 0.3) is 0 Å². The summed E-state index contributed by atoms with van der Waals surface area (Å²) in [6.45, 7) is 4.65. The first-order chi connectivity index (χ1) is 14.5. The van der Waals surface area contributed by atoms with E-state index in [0.29, 0.717) is 12.2 Å². The molecule has 2 aromatic carbocycles. The molecule has 1 atom stereocenters. The van der Waals surface area contributed by atoms with Gasteiger partial charge in [-0.05, 0) is 30.2 Å². The Kier molecular flexibility index (Phi) is 7.46. The van der Waals surface area contributed by atoms with E-state index in [1.165, 1.54) is 23.3 Å². The maximum absolute atomic E-state index is 12.5. The Hall–Kier alpha value is -2.86. The lowest BCUT2D eigenvalue weighted by molar-refractivity contribution is -0.918. The van der Waals surface area contributed by atoms with Crippen LogP contribution in [0.2, 0.25) is 0 Å². The summed E-state index contributed by atoms with van der Waals surface area (Å²) in [5.74, 6) is -1.21. The summed E-state index contributed by atoms with van der Waals surface area (Å²) < 4.78 is 0.